The van der Waals surface area contributed by atoms with E-state index < -0.39 is 7.12 Å². The Morgan fingerprint density at radius 2 is 2.07 bits per heavy atom. The number of benzene rings is 1. The van der Waals surface area contributed by atoms with Gasteiger partial charge >= 0.3 is 7.12 Å². The Hall–Kier alpha value is -1.04. The Balaban J connectivity index is 1.52. The SMILES string of the molecule is COc1ccc(C[C@@H](Cl)B2OC3CC4CC(C4(C)C)[C@]3(C)O2)c(C)c1C(C)=O. The first-order chi connectivity index (χ1) is 13.1. The van der Waals surface area contributed by atoms with Gasteiger partial charge in [0, 0.05) is 0 Å². The number of alkyl halides is 1. The van der Waals surface area contributed by atoms with Crippen molar-refractivity contribution in [3.05, 3.63) is 28.8 Å². The van der Waals surface area contributed by atoms with Gasteiger partial charge in [0.15, 0.2) is 5.78 Å². The van der Waals surface area contributed by atoms with Crippen molar-refractivity contribution in [3.63, 3.8) is 0 Å². The number of halogens is 1. The molecule has 0 aromatic heterocycles. The zero-order chi connectivity index (χ0) is 20.4. The van der Waals surface area contributed by atoms with Crippen LogP contribution in [0.5, 0.6) is 5.75 Å². The Morgan fingerprint density at radius 1 is 1.36 bits per heavy atom. The highest BCUT2D eigenvalue weighted by Crippen LogP contribution is 2.65. The molecule has 1 aromatic carbocycles. The summed E-state index contributed by atoms with van der Waals surface area (Å²) >= 11 is 6.79. The third kappa shape index (κ3) is 2.85. The van der Waals surface area contributed by atoms with E-state index in [1.165, 1.54) is 6.42 Å². The summed E-state index contributed by atoms with van der Waals surface area (Å²) in [4.78, 5) is 12.1. The van der Waals surface area contributed by atoms with Crippen LogP contribution in [0.2, 0.25) is 0 Å². The largest absolute Gasteiger partial charge is 0.496 e. The van der Waals surface area contributed by atoms with Crippen molar-refractivity contribution in [2.24, 2.45) is 17.3 Å². The first kappa shape index (κ1) is 20.2. The van der Waals surface area contributed by atoms with Crippen molar-refractivity contribution in [1.29, 1.82) is 0 Å². The second-order valence-electron chi connectivity index (χ2n) is 9.54. The topological polar surface area (TPSA) is 44.8 Å². The van der Waals surface area contributed by atoms with Gasteiger partial charge < -0.3 is 14.0 Å². The molecular formula is C22H30BClO4. The third-order valence-electron chi connectivity index (χ3n) is 7.79. The van der Waals surface area contributed by atoms with Gasteiger partial charge in [0.25, 0.3) is 0 Å². The third-order valence-corrected chi connectivity index (χ3v) is 8.15. The van der Waals surface area contributed by atoms with Crippen molar-refractivity contribution in [3.8, 4) is 5.75 Å². The molecule has 3 aliphatic carbocycles. The number of carbonyl (C=O) groups excluding carboxylic acids is 1. The molecular weight excluding hydrogens is 375 g/mol. The van der Waals surface area contributed by atoms with Gasteiger partial charge in [0.2, 0.25) is 0 Å². The predicted octanol–water partition coefficient (Wildman–Crippen LogP) is 4.62. The summed E-state index contributed by atoms with van der Waals surface area (Å²) in [5.41, 5.74) is 2.63. The Bertz CT molecular complexity index is 810. The maximum Gasteiger partial charge on any atom is 0.477 e. The highest BCUT2D eigenvalue weighted by molar-refractivity contribution is 6.60. The average Bonchev–Trinajstić information content (AvgIpc) is 2.99. The van der Waals surface area contributed by atoms with E-state index in [1.807, 2.05) is 19.1 Å². The molecule has 4 aliphatic rings. The lowest BCUT2D eigenvalue weighted by Crippen LogP contribution is -2.65. The fraction of sp³-hybridized carbons (Fsp3) is 0.682. The number of carbonyl (C=O) groups is 1. The van der Waals surface area contributed by atoms with Crippen molar-refractivity contribution in [1.82, 2.24) is 0 Å². The van der Waals surface area contributed by atoms with E-state index in [1.54, 1.807) is 14.0 Å². The maximum atomic E-state index is 12.1. The van der Waals surface area contributed by atoms with Crippen molar-refractivity contribution in [2.45, 2.75) is 70.9 Å². The fourth-order valence-corrected chi connectivity index (χ4v) is 6.20. The van der Waals surface area contributed by atoms with E-state index in [0.29, 0.717) is 35.0 Å². The number of Topliss-reactive ketones (excluding diaryl/α,β-unsaturated/α-hetero) is 1. The molecule has 0 N–H and O–H groups in total. The first-order valence-corrected chi connectivity index (χ1v) is 10.7. The monoisotopic (exact) mass is 404 g/mol. The zero-order valence-electron chi connectivity index (χ0n) is 17.7. The Kier molecular flexibility index (Phi) is 4.88. The van der Waals surface area contributed by atoms with Crippen molar-refractivity contribution < 1.29 is 18.8 Å². The molecule has 4 nitrogen and oxygen atoms in total. The summed E-state index contributed by atoms with van der Waals surface area (Å²) in [6.07, 6.45) is 2.99. The van der Waals surface area contributed by atoms with Crippen LogP contribution in [0.3, 0.4) is 0 Å². The number of hydrogen-bond acceptors (Lipinski definition) is 4. The molecule has 1 aliphatic heterocycles. The molecule has 1 saturated heterocycles. The van der Waals surface area contributed by atoms with Gasteiger partial charge in [-0.25, -0.2) is 0 Å². The molecule has 1 heterocycles. The Labute approximate surface area is 173 Å². The van der Waals surface area contributed by atoms with Gasteiger partial charge in [-0.05, 0) is 74.5 Å². The van der Waals surface area contributed by atoms with Crippen LogP contribution in [0.25, 0.3) is 0 Å². The van der Waals surface area contributed by atoms with E-state index in [4.69, 9.17) is 25.6 Å². The molecule has 0 radical (unpaired) electrons. The van der Waals surface area contributed by atoms with E-state index >= 15 is 0 Å². The van der Waals surface area contributed by atoms with E-state index in [9.17, 15) is 4.79 Å². The number of rotatable bonds is 5. The molecule has 5 atom stereocenters. The highest BCUT2D eigenvalue weighted by Gasteiger charge is 2.68. The molecule has 4 fully saturated rings. The van der Waals surface area contributed by atoms with Crippen LogP contribution in [0.15, 0.2) is 12.1 Å². The van der Waals surface area contributed by atoms with Crippen molar-refractivity contribution >= 4 is 24.5 Å². The predicted molar refractivity (Wildman–Crippen MR) is 111 cm³/mol. The van der Waals surface area contributed by atoms with Gasteiger partial charge in [-0.15, -0.1) is 11.6 Å². The van der Waals surface area contributed by atoms with Crippen LogP contribution in [0.1, 0.15) is 62.0 Å². The smallest absolute Gasteiger partial charge is 0.477 e. The summed E-state index contributed by atoms with van der Waals surface area (Å²) in [6, 6.07) is 3.83. The van der Waals surface area contributed by atoms with Crippen LogP contribution in [-0.2, 0) is 15.7 Å². The maximum absolute atomic E-state index is 12.1. The van der Waals surface area contributed by atoms with Gasteiger partial charge in [-0.3, -0.25) is 4.79 Å². The van der Waals surface area contributed by atoms with Crippen LogP contribution in [-0.4, -0.2) is 37.0 Å². The fourth-order valence-electron chi connectivity index (χ4n) is 5.92. The van der Waals surface area contributed by atoms with Crippen LogP contribution in [0, 0.1) is 24.2 Å². The van der Waals surface area contributed by atoms with Crippen molar-refractivity contribution in [2.75, 3.05) is 7.11 Å². The number of hydrogen-bond donors (Lipinski definition) is 0. The lowest BCUT2D eigenvalue weighted by atomic mass is 9.43. The summed E-state index contributed by atoms with van der Waals surface area (Å²) in [7, 11) is 1.16. The standard InChI is InChI=1S/C22H30BClO4/c1-12-14(7-8-16(26-6)20(12)13(2)25)9-19(24)23-27-18-11-15-10-17(21(15,3)4)22(18,5)28-23/h7-8,15,17-19H,9-11H2,1-6H3/t15?,17?,18?,19-,22+/m1/s1. The molecule has 5 rings (SSSR count). The number of methoxy groups -OCH3 is 1. The van der Waals surface area contributed by atoms with Gasteiger partial charge in [-0.1, -0.05) is 19.9 Å². The molecule has 152 valence electrons. The lowest BCUT2D eigenvalue weighted by molar-refractivity contribution is -0.199. The lowest BCUT2D eigenvalue weighted by Gasteiger charge is -2.64. The molecule has 1 aromatic rings. The van der Waals surface area contributed by atoms with Gasteiger partial charge in [0.1, 0.15) is 5.75 Å². The molecule has 0 spiro atoms. The van der Waals surface area contributed by atoms with Crippen LogP contribution in [0.4, 0.5) is 0 Å². The summed E-state index contributed by atoms with van der Waals surface area (Å²) in [5, 5.41) is -0.311. The minimum Gasteiger partial charge on any atom is -0.496 e. The van der Waals surface area contributed by atoms with Gasteiger partial charge in [-0.2, -0.15) is 0 Å². The van der Waals surface area contributed by atoms with E-state index in [0.717, 1.165) is 17.5 Å². The second-order valence-corrected chi connectivity index (χ2v) is 10.1. The van der Waals surface area contributed by atoms with E-state index in [2.05, 4.69) is 20.8 Å². The number of ether oxygens (including phenoxy) is 1. The normalized spacial score (nSPS) is 33.8. The van der Waals surface area contributed by atoms with Crippen LogP contribution < -0.4 is 4.74 Å². The van der Waals surface area contributed by atoms with E-state index in [-0.39, 0.29) is 22.8 Å². The molecule has 2 bridgehead atoms. The summed E-state index contributed by atoms with van der Waals surface area (Å²) in [6.45, 7) is 10.4. The van der Waals surface area contributed by atoms with Crippen LogP contribution >= 0.6 is 11.6 Å². The minimum absolute atomic E-state index is 0.00349. The first-order valence-electron chi connectivity index (χ1n) is 10.2. The Morgan fingerprint density at radius 3 is 2.68 bits per heavy atom. The summed E-state index contributed by atoms with van der Waals surface area (Å²) in [5.74, 6) is 1.84. The average molecular weight is 405 g/mol. The zero-order valence-corrected chi connectivity index (χ0v) is 18.4. The second kappa shape index (κ2) is 6.75. The van der Waals surface area contributed by atoms with Gasteiger partial charge in [0.05, 0.1) is 29.7 Å². The molecule has 3 unspecified atom stereocenters. The highest BCUT2D eigenvalue weighted by atomic mass is 35.5. The molecule has 0 amide bonds. The minimum atomic E-state index is -0.422. The molecule has 6 heteroatoms. The quantitative estimate of drug-likeness (QED) is 0.408. The summed E-state index contributed by atoms with van der Waals surface area (Å²) < 4.78 is 18.2. The molecule has 3 saturated carbocycles. The number of ketones is 1. The molecule has 28 heavy (non-hydrogen) atoms.